The zero-order valence-corrected chi connectivity index (χ0v) is 8.45. The van der Waals surface area contributed by atoms with Crippen LogP contribution in [0.5, 0.6) is 5.75 Å². The first-order chi connectivity index (χ1) is 7.82. The third kappa shape index (κ3) is 2.92. The quantitative estimate of drug-likeness (QED) is 0.467. The number of hydrogen-bond acceptors (Lipinski definition) is 4. The molecule has 0 radical (unpaired) electrons. The summed E-state index contributed by atoms with van der Waals surface area (Å²) >= 11 is 0. The average molecular weight is 249 g/mol. The van der Waals surface area contributed by atoms with Crippen LogP contribution in [0.4, 0.5) is 18.9 Å². The Labute approximate surface area is 93.0 Å². The molecule has 0 fully saturated rings. The lowest BCUT2D eigenvalue weighted by Gasteiger charge is -2.07. The number of ketones is 1. The fraction of sp³-hybridized carbons (Fsp3) is 0.222. The van der Waals surface area contributed by atoms with Gasteiger partial charge in [-0.15, -0.1) is 0 Å². The SMILES string of the molecule is CC(=O)c1cc(F)c(OC(F)F)c([N+](=O)[O-])c1. The molecule has 0 heterocycles. The van der Waals surface area contributed by atoms with Gasteiger partial charge >= 0.3 is 12.3 Å². The predicted molar refractivity (Wildman–Crippen MR) is 49.7 cm³/mol. The predicted octanol–water partition coefficient (Wildman–Crippen LogP) is 2.54. The summed E-state index contributed by atoms with van der Waals surface area (Å²) < 4.78 is 40.8. The molecule has 0 aliphatic rings. The fourth-order valence-electron chi connectivity index (χ4n) is 1.12. The molecule has 0 aliphatic heterocycles. The van der Waals surface area contributed by atoms with Crippen LogP contribution in [0.15, 0.2) is 12.1 Å². The lowest BCUT2D eigenvalue weighted by Crippen LogP contribution is -2.08. The number of nitro benzene ring substituents is 1. The van der Waals surface area contributed by atoms with Crippen LogP contribution in [0.1, 0.15) is 17.3 Å². The number of carbonyl (C=O) groups excluding carboxylic acids is 1. The molecule has 0 aliphatic carbocycles. The Morgan fingerprint density at radius 3 is 2.47 bits per heavy atom. The minimum atomic E-state index is -3.40. The number of nitrogens with zero attached hydrogens (tertiary/aromatic N) is 1. The zero-order chi connectivity index (χ0) is 13.2. The largest absolute Gasteiger partial charge is 0.424 e. The second kappa shape index (κ2) is 4.81. The fourth-order valence-corrected chi connectivity index (χ4v) is 1.12. The minimum absolute atomic E-state index is 0.296. The minimum Gasteiger partial charge on any atom is -0.424 e. The van der Waals surface area contributed by atoms with E-state index in [9.17, 15) is 28.1 Å². The van der Waals surface area contributed by atoms with Gasteiger partial charge in [0.25, 0.3) is 0 Å². The van der Waals surface area contributed by atoms with Crippen molar-refractivity contribution in [1.29, 1.82) is 0 Å². The normalized spacial score (nSPS) is 10.4. The molecule has 0 bridgehead atoms. The summed E-state index contributed by atoms with van der Waals surface area (Å²) in [5, 5.41) is 10.5. The maximum absolute atomic E-state index is 13.3. The van der Waals surface area contributed by atoms with Gasteiger partial charge in [-0.2, -0.15) is 8.78 Å². The third-order valence-corrected chi connectivity index (χ3v) is 1.83. The van der Waals surface area contributed by atoms with Crippen molar-refractivity contribution in [1.82, 2.24) is 0 Å². The summed E-state index contributed by atoms with van der Waals surface area (Å²) in [6.45, 7) is -2.34. The molecule has 0 N–H and O–H groups in total. The Kier molecular flexibility index (Phi) is 3.66. The molecule has 17 heavy (non-hydrogen) atoms. The molecule has 0 atom stereocenters. The van der Waals surface area contributed by atoms with E-state index in [-0.39, 0.29) is 5.56 Å². The summed E-state index contributed by atoms with van der Waals surface area (Å²) in [5.41, 5.74) is -1.31. The van der Waals surface area contributed by atoms with Gasteiger partial charge in [-0.05, 0) is 13.0 Å². The van der Waals surface area contributed by atoms with Crippen molar-refractivity contribution in [2.75, 3.05) is 0 Å². The third-order valence-electron chi connectivity index (χ3n) is 1.83. The van der Waals surface area contributed by atoms with Gasteiger partial charge in [0.05, 0.1) is 4.92 Å². The van der Waals surface area contributed by atoms with Gasteiger partial charge in [0, 0.05) is 11.6 Å². The summed E-state index contributed by atoms with van der Waals surface area (Å²) in [5.74, 6) is -3.20. The van der Waals surface area contributed by atoms with Crippen LogP contribution in [-0.4, -0.2) is 17.3 Å². The molecule has 0 saturated carbocycles. The second-order valence-electron chi connectivity index (χ2n) is 3.00. The van der Waals surface area contributed by atoms with Gasteiger partial charge in [-0.25, -0.2) is 4.39 Å². The lowest BCUT2D eigenvalue weighted by atomic mass is 10.1. The maximum Gasteiger partial charge on any atom is 0.387 e. The average Bonchev–Trinajstić information content (AvgIpc) is 2.19. The molecule has 1 aromatic carbocycles. The number of halogens is 3. The van der Waals surface area contributed by atoms with Gasteiger partial charge in [0.15, 0.2) is 11.6 Å². The van der Waals surface area contributed by atoms with Crippen LogP contribution in [0.3, 0.4) is 0 Å². The highest BCUT2D eigenvalue weighted by Gasteiger charge is 2.25. The van der Waals surface area contributed by atoms with E-state index < -0.39 is 34.6 Å². The molecular weight excluding hydrogens is 243 g/mol. The Balaban J connectivity index is 3.38. The van der Waals surface area contributed by atoms with E-state index >= 15 is 0 Å². The molecule has 0 aromatic heterocycles. The highest BCUT2D eigenvalue weighted by Crippen LogP contribution is 2.32. The van der Waals surface area contributed by atoms with Crippen LogP contribution < -0.4 is 4.74 Å². The van der Waals surface area contributed by atoms with E-state index in [1.165, 1.54) is 0 Å². The zero-order valence-electron chi connectivity index (χ0n) is 8.45. The Morgan fingerprint density at radius 1 is 1.47 bits per heavy atom. The van der Waals surface area contributed by atoms with E-state index in [0.29, 0.717) is 12.1 Å². The van der Waals surface area contributed by atoms with Crippen LogP contribution >= 0.6 is 0 Å². The topological polar surface area (TPSA) is 69.4 Å². The Hall–Kier alpha value is -2.12. The standard InChI is InChI=1S/C9H6F3NO4/c1-4(14)5-2-6(10)8(17-9(11)12)7(3-5)13(15)16/h2-3,9H,1H3. The van der Waals surface area contributed by atoms with E-state index in [1.54, 1.807) is 0 Å². The molecule has 0 spiro atoms. The number of ether oxygens (including phenoxy) is 1. The monoisotopic (exact) mass is 249 g/mol. The smallest absolute Gasteiger partial charge is 0.387 e. The Bertz CT molecular complexity index is 476. The highest BCUT2D eigenvalue weighted by molar-refractivity contribution is 5.95. The van der Waals surface area contributed by atoms with Crippen molar-refractivity contribution in [3.63, 3.8) is 0 Å². The molecule has 0 saturated heterocycles. The maximum atomic E-state index is 13.3. The number of hydrogen-bond donors (Lipinski definition) is 0. The number of alkyl halides is 2. The van der Waals surface area contributed by atoms with Gasteiger partial charge < -0.3 is 4.74 Å². The van der Waals surface area contributed by atoms with Crippen molar-refractivity contribution < 1.29 is 27.6 Å². The van der Waals surface area contributed by atoms with Crippen molar-refractivity contribution in [3.8, 4) is 5.75 Å². The van der Waals surface area contributed by atoms with Crippen LogP contribution in [0.2, 0.25) is 0 Å². The van der Waals surface area contributed by atoms with Crippen molar-refractivity contribution in [2.24, 2.45) is 0 Å². The van der Waals surface area contributed by atoms with E-state index in [0.717, 1.165) is 6.92 Å². The number of benzene rings is 1. The molecule has 5 nitrogen and oxygen atoms in total. The molecular formula is C9H6F3NO4. The van der Waals surface area contributed by atoms with Gasteiger partial charge in [0.2, 0.25) is 5.75 Å². The molecule has 1 rings (SSSR count). The van der Waals surface area contributed by atoms with Gasteiger partial charge in [0.1, 0.15) is 0 Å². The first-order valence-corrected chi connectivity index (χ1v) is 4.26. The van der Waals surface area contributed by atoms with Crippen molar-refractivity contribution in [3.05, 3.63) is 33.6 Å². The van der Waals surface area contributed by atoms with Crippen LogP contribution in [-0.2, 0) is 0 Å². The highest BCUT2D eigenvalue weighted by atomic mass is 19.3. The summed E-state index contributed by atoms with van der Waals surface area (Å²) in [7, 11) is 0. The van der Waals surface area contributed by atoms with Crippen molar-refractivity contribution >= 4 is 11.5 Å². The van der Waals surface area contributed by atoms with E-state index in [4.69, 9.17) is 0 Å². The number of nitro groups is 1. The summed E-state index contributed by atoms with van der Waals surface area (Å²) in [6, 6.07) is 1.29. The first kappa shape index (κ1) is 12.9. The number of Topliss-reactive ketones (excluding diaryl/α,β-unsaturated/α-hetero) is 1. The van der Waals surface area contributed by atoms with Gasteiger partial charge in [-0.1, -0.05) is 0 Å². The second-order valence-corrected chi connectivity index (χ2v) is 3.00. The first-order valence-electron chi connectivity index (χ1n) is 4.26. The number of carbonyl (C=O) groups is 1. The molecule has 92 valence electrons. The van der Waals surface area contributed by atoms with E-state index in [1.807, 2.05) is 0 Å². The summed E-state index contributed by atoms with van der Waals surface area (Å²) in [6.07, 6.45) is 0. The molecule has 1 aromatic rings. The lowest BCUT2D eigenvalue weighted by molar-refractivity contribution is -0.386. The van der Waals surface area contributed by atoms with Crippen LogP contribution in [0, 0.1) is 15.9 Å². The van der Waals surface area contributed by atoms with E-state index in [2.05, 4.69) is 4.74 Å². The van der Waals surface area contributed by atoms with Gasteiger partial charge in [-0.3, -0.25) is 14.9 Å². The molecule has 0 amide bonds. The molecule has 8 heteroatoms. The summed E-state index contributed by atoms with van der Waals surface area (Å²) in [4.78, 5) is 20.4. The molecule has 0 unspecified atom stereocenters. The Morgan fingerprint density at radius 2 is 2.06 bits per heavy atom. The van der Waals surface area contributed by atoms with Crippen LogP contribution in [0.25, 0.3) is 0 Å². The van der Waals surface area contributed by atoms with Crippen molar-refractivity contribution in [2.45, 2.75) is 13.5 Å². The number of rotatable bonds is 4.